The molecule has 214 valence electrons. The third kappa shape index (κ3) is 7.20. The molecular weight excluding hydrogens is 521 g/mol. The Morgan fingerprint density at radius 1 is 1.12 bits per heavy atom. The van der Waals surface area contributed by atoms with Crippen LogP contribution in [0.3, 0.4) is 0 Å². The lowest BCUT2D eigenvalue weighted by Crippen LogP contribution is -2.50. The first kappa shape index (κ1) is 29.1. The summed E-state index contributed by atoms with van der Waals surface area (Å²) in [5.41, 5.74) is 11.4. The molecule has 3 heterocycles. The summed E-state index contributed by atoms with van der Waals surface area (Å²) in [6.45, 7) is 8.41. The van der Waals surface area contributed by atoms with Gasteiger partial charge in [0.2, 0.25) is 0 Å². The lowest BCUT2D eigenvalue weighted by Gasteiger charge is -2.41. The number of likely N-dealkylation sites (tertiary alicyclic amines) is 1. The van der Waals surface area contributed by atoms with Crippen molar-refractivity contribution in [2.24, 2.45) is 0 Å². The van der Waals surface area contributed by atoms with E-state index in [2.05, 4.69) is 31.8 Å². The maximum atomic E-state index is 13.0. The molecule has 0 unspecified atom stereocenters. The molecule has 1 amide bonds. The Bertz CT molecular complexity index is 1330. The molecule has 0 radical (unpaired) electrons. The molecule has 3 N–H and O–H groups in total. The number of aryl methyl sites for hydroxylation is 2. The van der Waals surface area contributed by atoms with E-state index in [0.29, 0.717) is 17.3 Å². The first-order chi connectivity index (χ1) is 18.9. The normalized spacial score (nSPS) is 18.9. The fraction of sp³-hybridized carbons (Fsp3) is 0.414. The van der Waals surface area contributed by atoms with Gasteiger partial charge in [0.15, 0.2) is 0 Å². The van der Waals surface area contributed by atoms with Gasteiger partial charge in [-0.25, -0.2) is 9.97 Å². The number of hydrogen-bond acceptors (Lipinski definition) is 7. The van der Waals surface area contributed by atoms with E-state index in [1.807, 2.05) is 37.2 Å². The number of nitrogen functional groups attached to an aromatic ring is 1. The average Bonchev–Trinajstić information content (AvgIpc) is 3.32. The Morgan fingerprint density at radius 2 is 1.85 bits per heavy atom. The molecule has 0 aliphatic carbocycles. The molecule has 5 rings (SSSR count). The molecule has 0 spiro atoms. The predicted octanol–water partition coefficient (Wildman–Crippen LogP) is 5.31. The minimum absolute atomic E-state index is 0.0616. The second kappa shape index (κ2) is 12.1. The Morgan fingerprint density at radius 3 is 2.48 bits per heavy atom. The molecule has 40 heavy (non-hydrogen) atoms. The smallest absolute Gasteiger partial charge is 0.406 e. The number of fused-ring (bicyclic) bond motifs is 1. The van der Waals surface area contributed by atoms with Crippen molar-refractivity contribution in [3.05, 3.63) is 76.9 Å². The average molecular weight is 557 g/mol. The van der Waals surface area contributed by atoms with Gasteiger partial charge in [0.25, 0.3) is 5.91 Å². The number of amides is 1. The zero-order valence-electron chi connectivity index (χ0n) is 23.1. The van der Waals surface area contributed by atoms with Gasteiger partial charge in [-0.2, -0.15) is 0 Å². The van der Waals surface area contributed by atoms with Crippen molar-refractivity contribution in [3.8, 4) is 5.75 Å². The van der Waals surface area contributed by atoms with Crippen molar-refractivity contribution >= 4 is 17.3 Å². The molecule has 0 saturated carbocycles. The molecule has 2 aromatic carbocycles. The summed E-state index contributed by atoms with van der Waals surface area (Å²) in [6, 6.07) is 11.8. The number of carbonyl (C=O) groups is 1. The predicted molar refractivity (Wildman–Crippen MR) is 148 cm³/mol. The largest absolute Gasteiger partial charge is 0.573 e. The molecule has 2 aliphatic heterocycles. The summed E-state index contributed by atoms with van der Waals surface area (Å²) in [5, 5.41) is 3.03. The number of ether oxygens (including phenoxy) is 1. The van der Waals surface area contributed by atoms with Gasteiger partial charge in [-0.05, 0) is 63.9 Å². The molecule has 11 heteroatoms. The van der Waals surface area contributed by atoms with Crippen LogP contribution >= 0.6 is 0 Å². The fourth-order valence-corrected chi connectivity index (χ4v) is 5.15. The van der Waals surface area contributed by atoms with E-state index in [1.165, 1.54) is 17.7 Å². The zero-order valence-corrected chi connectivity index (χ0v) is 23.1. The van der Waals surface area contributed by atoms with E-state index in [1.54, 1.807) is 25.1 Å². The minimum Gasteiger partial charge on any atom is -0.406 e. The Labute approximate surface area is 232 Å². The highest BCUT2D eigenvalue weighted by atomic mass is 19.4. The molecule has 1 aromatic heterocycles. The van der Waals surface area contributed by atoms with Gasteiger partial charge in [0.1, 0.15) is 11.6 Å². The highest BCUT2D eigenvalue weighted by molar-refractivity contribution is 5.96. The number of piperidine rings is 1. The van der Waals surface area contributed by atoms with Crippen LogP contribution in [-0.4, -0.2) is 57.7 Å². The lowest BCUT2D eigenvalue weighted by molar-refractivity contribution is -0.274. The maximum absolute atomic E-state index is 13.0. The molecular formula is C29H35F3N6O2. The Kier molecular flexibility index (Phi) is 8.82. The van der Waals surface area contributed by atoms with Crippen LogP contribution in [0.1, 0.15) is 52.8 Å². The Hall–Kier alpha value is -3.86. The maximum Gasteiger partial charge on any atom is 0.573 e. The van der Waals surface area contributed by atoms with E-state index < -0.39 is 6.36 Å². The monoisotopic (exact) mass is 556 g/mol. The van der Waals surface area contributed by atoms with Crippen molar-refractivity contribution in [2.75, 3.05) is 24.6 Å². The van der Waals surface area contributed by atoms with Crippen LogP contribution in [0.25, 0.3) is 0 Å². The van der Waals surface area contributed by atoms with Gasteiger partial charge >= 0.3 is 6.36 Å². The van der Waals surface area contributed by atoms with Crippen LogP contribution in [-0.2, 0) is 13.1 Å². The number of aromatic nitrogens is 2. The van der Waals surface area contributed by atoms with Crippen LogP contribution in [0.5, 0.6) is 5.75 Å². The number of alkyl halides is 3. The first-order valence-electron chi connectivity index (χ1n) is 13.2. The van der Waals surface area contributed by atoms with Crippen LogP contribution in [0.4, 0.5) is 24.5 Å². The van der Waals surface area contributed by atoms with Crippen molar-refractivity contribution in [1.82, 2.24) is 19.8 Å². The highest BCUT2D eigenvalue weighted by Crippen LogP contribution is 2.30. The third-order valence-electron chi connectivity index (χ3n) is 7.25. The van der Waals surface area contributed by atoms with E-state index in [9.17, 15) is 18.0 Å². The van der Waals surface area contributed by atoms with E-state index in [-0.39, 0.29) is 17.7 Å². The van der Waals surface area contributed by atoms with Gasteiger partial charge in [-0.3, -0.25) is 9.69 Å². The minimum atomic E-state index is -4.60. The molecule has 0 bridgehead atoms. The van der Waals surface area contributed by atoms with Crippen molar-refractivity contribution < 1.29 is 22.7 Å². The number of halogens is 3. The van der Waals surface area contributed by atoms with Crippen molar-refractivity contribution in [3.63, 3.8) is 0 Å². The van der Waals surface area contributed by atoms with Crippen LogP contribution in [0.15, 0.2) is 48.7 Å². The molecule has 8 nitrogen and oxygen atoms in total. The van der Waals surface area contributed by atoms with Crippen molar-refractivity contribution in [2.45, 2.75) is 65.1 Å². The third-order valence-corrected chi connectivity index (χ3v) is 7.25. The molecule has 1 fully saturated rings. The number of rotatable bonds is 4. The quantitative estimate of drug-likeness (QED) is 0.421. The number of carbonyl (C=O) groups excluding carboxylic acids is 1. The second-order valence-corrected chi connectivity index (χ2v) is 10.2. The van der Waals surface area contributed by atoms with Crippen LogP contribution < -0.4 is 15.8 Å². The number of nitrogens with two attached hydrogens (primary N) is 1. The number of nitrogens with one attached hydrogen (secondary N) is 1. The van der Waals surface area contributed by atoms with E-state index >= 15 is 0 Å². The summed E-state index contributed by atoms with van der Waals surface area (Å²) >= 11 is 0. The van der Waals surface area contributed by atoms with E-state index in [4.69, 9.17) is 5.73 Å². The topological polar surface area (TPSA) is 96.6 Å². The molecule has 3 aromatic rings. The number of hydrogen-bond donors (Lipinski definition) is 2. The molecule has 2 atom stereocenters. The summed E-state index contributed by atoms with van der Waals surface area (Å²) in [5.74, 6) is 0.706. The van der Waals surface area contributed by atoms with Gasteiger partial charge in [0, 0.05) is 56.1 Å². The Balaban J connectivity index is 0.000000259. The second-order valence-electron chi connectivity index (χ2n) is 10.2. The van der Waals surface area contributed by atoms with Gasteiger partial charge in [-0.1, -0.05) is 17.7 Å². The highest BCUT2D eigenvalue weighted by Gasteiger charge is 2.35. The van der Waals surface area contributed by atoms with Gasteiger partial charge in [-0.15, -0.1) is 13.2 Å². The molecule has 1 saturated heterocycles. The van der Waals surface area contributed by atoms with E-state index in [0.717, 1.165) is 55.2 Å². The number of nitrogens with zero attached hydrogens (tertiary/aromatic N) is 4. The first-order valence-corrected chi connectivity index (χ1v) is 13.2. The summed E-state index contributed by atoms with van der Waals surface area (Å²) in [4.78, 5) is 26.4. The number of anilines is 2. The van der Waals surface area contributed by atoms with Crippen molar-refractivity contribution in [1.29, 1.82) is 0 Å². The summed E-state index contributed by atoms with van der Waals surface area (Å²) in [7, 11) is 1.82. The van der Waals surface area contributed by atoms with Crippen LogP contribution in [0.2, 0.25) is 0 Å². The summed E-state index contributed by atoms with van der Waals surface area (Å²) in [6.07, 6.45) is -0.703. The lowest BCUT2D eigenvalue weighted by atomic mass is 9.96. The summed E-state index contributed by atoms with van der Waals surface area (Å²) < 4.78 is 38.5. The number of benzene rings is 2. The zero-order chi connectivity index (χ0) is 29.0. The van der Waals surface area contributed by atoms with Gasteiger partial charge in [0.05, 0.1) is 17.1 Å². The fourth-order valence-electron chi connectivity index (χ4n) is 5.15. The standard InChI is InChI=1S/C21H28N6O.C8H7F3O/c1-13-8-17(26-11-16-10-24-14(2)25-20(16)12-26)6-7-27(13)21(28)15-4-5-19(23-3)18(22)9-15;1-6-2-4-7(5-3-6)12-8(9,10)11/h4-5,9-10,13,17,23H,6-8,11-12,22H2,1-3H3;2-5H,1H3/t13-,17-;/m1./s1. The molecule has 2 aliphatic rings. The van der Waals surface area contributed by atoms with Crippen LogP contribution in [0, 0.1) is 13.8 Å². The van der Waals surface area contributed by atoms with Gasteiger partial charge < -0.3 is 20.7 Å². The SMILES string of the molecule is CNc1ccc(C(=O)N2CC[C@@H](N3Cc4cnc(C)nc4C3)C[C@H]2C)cc1N.Cc1ccc(OC(F)(F)F)cc1.